The fraction of sp³-hybridized carbons (Fsp3) is 0.182. The van der Waals surface area contributed by atoms with Gasteiger partial charge in [-0.05, 0) is 17.7 Å². The van der Waals surface area contributed by atoms with E-state index >= 15 is 0 Å². The van der Waals surface area contributed by atoms with Crippen molar-refractivity contribution in [1.29, 1.82) is 0 Å². The lowest BCUT2D eigenvalue weighted by Crippen LogP contribution is -2.13. The summed E-state index contributed by atoms with van der Waals surface area (Å²) in [6, 6.07) is 12.0. The van der Waals surface area contributed by atoms with E-state index < -0.39 is 11.9 Å². The summed E-state index contributed by atoms with van der Waals surface area (Å²) in [6.45, 7) is 0. The first-order valence-corrected chi connectivity index (χ1v) is 8.55. The lowest BCUT2D eigenvalue weighted by atomic mass is 9.99. The van der Waals surface area contributed by atoms with Crippen LogP contribution in [-0.2, 0) is 14.3 Å². The zero-order valence-corrected chi connectivity index (χ0v) is 16.6. The molecule has 0 fully saturated rings. The molecule has 0 unspecified atom stereocenters. The maximum atomic E-state index is 12.5. The van der Waals surface area contributed by atoms with E-state index in [4.69, 9.17) is 18.9 Å². The van der Waals surface area contributed by atoms with Crippen LogP contribution in [0.4, 0.5) is 0 Å². The van der Waals surface area contributed by atoms with Gasteiger partial charge in [0.1, 0.15) is 17.2 Å². The van der Waals surface area contributed by atoms with Crippen LogP contribution in [0.1, 0.15) is 11.1 Å². The molecule has 29 heavy (non-hydrogen) atoms. The Morgan fingerprint density at radius 3 is 1.86 bits per heavy atom. The number of carbonyl (C=O) groups is 2. The molecule has 2 aromatic carbocycles. The molecule has 0 amide bonds. The summed E-state index contributed by atoms with van der Waals surface area (Å²) in [5.41, 5.74) is 0.596. The Morgan fingerprint density at radius 2 is 1.41 bits per heavy atom. The van der Waals surface area contributed by atoms with E-state index in [0.717, 1.165) is 0 Å². The van der Waals surface area contributed by atoms with Crippen molar-refractivity contribution in [3.8, 4) is 17.2 Å². The molecule has 0 bridgehead atoms. The maximum absolute atomic E-state index is 12.5. The molecular weight excluding hydrogens is 376 g/mol. The number of carbonyl (C=O) groups excluding carboxylic acids is 1. The third kappa shape index (κ3) is 5.16. The molecule has 0 atom stereocenters. The molecule has 0 saturated heterocycles. The van der Waals surface area contributed by atoms with Gasteiger partial charge >= 0.3 is 11.9 Å². The van der Waals surface area contributed by atoms with Crippen molar-refractivity contribution in [3.63, 3.8) is 0 Å². The third-order valence-electron chi connectivity index (χ3n) is 4.08. The molecular formula is C22H22O7. The van der Waals surface area contributed by atoms with Crippen molar-refractivity contribution in [2.45, 2.75) is 0 Å². The van der Waals surface area contributed by atoms with E-state index in [-0.39, 0.29) is 11.1 Å². The van der Waals surface area contributed by atoms with Crippen molar-refractivity contribution >= 4 is 24.1 Å². The molecule has 0 heterocycles. The first-order valence-electron chi connectivity index (χ1n) is 8.55. The van der Waals surface area contributed by atoms with E-state index in [2.05, 4.69) is 0 Å². The normalized spacial score (nSPS) is 11.6. The largest absolute Gasteiger partial charge is 0.496 e. The monoisotopic (exact) mass is 398 g/mol. The first-order chi connectivity index (χ1) is 13.9. The minimum Gasteiger partial charge on any atom is -0.496 e. The van der Waals surface area contributed by atoms with Gasteiger partial charge in [-0.1, -0.05) is 30.3 Å². The summed E-state index contributed by atoms with van der Waals surface area (Å²) < 4.78 is 20.8. The number of hydrogen-bond donors (Lipinski definition) is 1. The average molecular weight is 398 g/mol. The second-order valence-corrected chi connectivity index (χ2v) is 5.77. The first kappa shape index (κ1) is 21.6. The van der Waals surface area contributed by atoms with Gasteiger partial charge in [0.05, 0.1) is 45.1 Å². The molecule has 0 saturated carbocycles. The summed E-state index contributed by atoms with van der Waals surface area (Å²) in [5, 5.41) is 9.76. The van der Waals surface area contributed by atoms with Gasteiger partial charge in [0.2, 0.25) is 0 Å². The third-order valence-corrected chi connectivity index (χ3v) is 4.08. The Labute approximate surface area is 168 Å². The number of carboxylic acid groups (broad SMARTS) is 1. The van der Waals surface area contributed by atoms with Gasteiger partial charge in [0, 0.05) is 12.1 Å². The van der Waals surface area contributed by atoms with Crippen LogP contribution in [0.25, 0.3) is 12.2 Å². The summed E-state index contributed by atoms with van der Waals surface area (Å²) in [5.74, 6) is -0.931. The predicted octanol–water partition coefficient (Wildman–Crippen LogP) is 3.44. The van der Waals surface area contributed by atoms with E-state index in [1.807, 2.05) is 6.07 Å². The molecule has 7 nitrogen and oxygen atoms in total. The molecule has 0 aliphatic carbocycles. The SMILES string of the molecule is COC(=O)C(=C/c1c(OC)cc(OC)cc1OC)/C(=C/c1ccccc1)C(=O)O. The van der Waals surface area contributed by atoms with Crippen LogP contribution >= 0.6 is 0 Å². The smallest absolute Gasteiger partial charge is 0.338 e. The number of methoxy groups -OCH3 is 4. The quantitative estimate of drug-likeness (QED) is 0.414. The Balaban J connectivity index is 2.75. The molecule has 0 aliphatic heterocycles. The highest BCUT2D eigenvalue weighted by Gasteiger charge is 2.23. The summed E-state index contributed by atoms with van der Waals surface area (Å²) in [6.07, 6.45) is 2.76. The van der Waals surface area contributed by atoms with E-state index in [1.54, 1.807) is 36.4 Å². The van der Waals surface area contributed by atoms with E-state index in [9.17, 15) is 14.7 Å². The molecule has 152 valence electrons. The van der Waals surface area contributed by atoms with E-state index in [1.165, 1.54) is 40.6 Å². The summed E-state index contributed by atoms with van der Waals surface area (Å²) in [7, 11) is 5.57. The number of carboxylic acids is 1. The van der Waals surface area contributed by atoms with Crippen LogP contribution in [-0.4, -0.2) is 45.5 Å². The predicted molar refractivity (Wildman–Crippen MR) is 108 cm³/mol. The van der Waals surface area contributed by atoms with Crippen LogP contribution in [0.3, 0.4) is 0 Å². The second kappa shape index (κ2) is 9.98. The molecule has 0 aromatic heterocycles. The highest BCUT2D eigenvalue weighted by Crippen LogP contribution is 2.36. The second-order valence-electron chi connectivity index (χ2n) is 5.77. The minimum absolute atomic E-state index is 0.161. The lowest BCUT2D eigenvalue weighted by molar-refractivity contribution is -0.138. The van der Waals surface area contributed by atoms with Gasteiger partial charge in [-0.3, -0.25) is 0 Å². The van der Waals surface area contributed by atoms with Crippen molar-refractivity contribution in [1.82, 2.24) is 0 Å². The Hall–Kier alpha value is -3.74. The maximum Gasteiger partial charge on any atom is 0.338 e. The van der Waals surface area contributed by atoms with Gasteiger partial charge in [0.25, 0.3) is 0 Å². The Kier molecular flexibility index (Phi) is 7.42. The lowest BCUT2D eigenvalue weighted by Gasteiger charge is -2.14. The molecule has 1 N–H and O–H groups in total. The molecule has 0 spiro atoms. The number of ether oxygens (including phenoxy) is 4. The fourth-order valence-corrected chi connectivity index (χ4v) is 2.65. The number of benzene rings is 2. The highest BCUT2D eigenvalue weighted by atomic mass is 16.5. The average Bonchev–Trinajstić information content (AvgIpc) is 2.75. The van der Waals surface area contributed by atoms with Crippen LogP contribution < -0.4 is 14.2 Å². The number of aliphatic carboxylic acids is 1. The minimum atomic E-state index is -1.28. The topological polar surface area (TPSA) is 91.3 Å². The van der Waals surface area contributed by atoms with Crippen LogP contribution in [0.15, 0.2) is 53.6 Å². The van der Waals surface area contributed by atoms with Gasteiger partial charge < -0.3 is 24.1 Å². The number of hydrogen-bond acceptors (Lipinski definition) is 6. The van der Waals surface area contributed by atoms with Crippen LogP contribution in [0, 0.1) is 0 Å². The standard InChI is InChI=1S/C22H22O7/c1-26-15-11-19(27-2)18(20(12-15)28-3)13-17(22(25)29-4)16(21(23)24)10-14-8-6-5-7-9-14/h5-13H,1-4H3,(H,23,24)/b16-10-,17-13+. The molecule has 0 aliphatic rings. The summed E-state index contributed by atoms with van der Waals surface area (Å²) in [4.78, 5) is 24.4. The van der Waals surface area contributed by atoms with E-state index in [0.29, 0.717) is 28.4 Å². The van der Waals surface area contributed by atoms with Gasteiger partial charge in [-0.25, -0.2) is 9.59 Å². The van der Waals surface area contributed by atoms with Crippen molar-refractivity contribution in [2.75, 3.05) is 28.4 Å². The van der Waals surface area contributed by atoms with Crippen LogP contribution in [0.2, 0.25) is 0 Å². The Bertz CT molecular complexity index is 918. The molecule has 2 aromatic rings. The number of esters is 1. The van der Waals surface area contributed by atoms with Gasteiger partial charge in [-0.2, -0.15) is 0 Å². The van der Waals surface area contributed by atoms with Crippen LogP contribution in [0.5, 0.6) is 17.2 Å². The zero-order valence-electron chi connectivity index (χ0n) is 16.6. The summed E-state index contributed by atoms with van der Waals surface area (Å²) >= 11 is 0. The number of rotatable bonds is 8. The van der Waals surface area contributed by atoms with Crippen molar-refractivity contribution < 1.29 is 33.6 Å². The molecule has 7 heteroatoms. The van der Waals surface area contributed by atoms with Crippen molar-refractivity contribution in [2.24, 2.45) is 0 Å². The Morgan fingerprint density at radius 1 is 0.828 bits per heavy atom. The van der Waals surface area contributed by atoms with Crippen molar-refractivity contribution in [3.05, 3.63) is 64.7 Å². The zero-order chi connectivity index (χ0) is 21.4. The highest BCUT2D eigenvalue weighted by molar-refractivity contribution is 6.12. The van der Waals surface area contributed by atoms with Gasteiger partial charge in [0.15, 0.2) is 0 Å². The molecule has 2 rings (SSSR count). The fourth-order valence-electron chi connectivity index (χ4n) is 2.65. The molecule has 0 radical (unpaired) electrons. The van der Waals surface area contributed by atoms with Gasteiger partial charge in [-0.15, -0.1) is 0 Å².